The molecule has 0 amide bonds. The van der Waals surface area contributed by atoms with Crippen LogP contribution in [0.4, 0.5) is 15.9 Å². The number of H-pyrrole nitrogens is 1. The maximum Gasteiger partial charge on any atom is 0.280 e. The molecule has 5 rings (SSSR count). The van der Waals surface area contributed by atoms with Crippen LogP contribution in [0.3, 0.4) is 0 Å². The highest BCUT2D eigenvalue weighted by atomic mass is 19.1. The second kappa shape index (κ2) is 9.88. The first-order valence-electron chi connectivity index (χ1n) is 11.4. The molecule has 0 aliphatic rings. The summed E-state index contributed by atoms with van der Waals surface area (Å²) < 4.78 is 15.2. The molecule has 0 aliphatic heterocycles. The van der Waals surface area contributed by atoms with Crippen molar-refractivity contribution in [1.29, 1.82) is 0 Å². The number of aromatic amines is 1. The number of hydrogen-bond acceptors (Lipinski definition) is 7. The van der Waals surface area contributed by atoms with E-state index < -0.39 is 0 Å². The van der Waals surface area contributed by atoms with E-state index >= 15 is 0 Å². The van der Waals surface area contributed by atoms with Crippen molar-refractivity contribution in [3.63, 3.8) is 0 Å². The van der Waals surface area contributed by atoms with Crippen LogP contribution < -0.4 is 16.3 Å². The zero-order chi connectivity index (χ0) is 25.1. The molecule has 0 bridgehead atoms. The van der Waals surface area contributed by atoms with Crippen molar-refractivity contribution in [2.75, 3.05) is 10.7 Å². The molecule has 9 nitrogen and oxygen atoms in total. The van der Waals surface area contributed by atoms with Crippen molar-refractivity contribution >= 4 is 33.6 Å². The van der Waals surface area contributed by atoms with Gasteiger partial charge in [0.1, 0.15) is 17.7 Å². The monoisotopic (exact) mass is 474 g/mol. The SMILES string of the molecule is CC.Cc1cc(F)cc(C)c1Nn1c(CNc2ncnc3nc[nH]c23)nc2cccc(C)c2c1=O. The van der Waals surface area contributed by atoms with E-state index in [0.717, 1.165) is 5.56 Å². The van der Waals surface area contributed by atoms with E-state index in [9.17, 15) is 9.18 Å². The summed E-state index contributed by atoms with van der Waals surface area (Å²) in [5.74, 6) is 0.647. The Morgan fingerprint density at radius 2 is 1.77 bits per heavy atom. The van der Waals surface area contributed by atoms with E-state index in [0.29, 0.717) is 50.5 Å². The van der Waals surface area contributed by atoms with Crippen LogP contribution in [-0.4, -0.2) is 29.6 Å². The normalized spacial score (nSPS) is 10.8. The van der Waals surface area contributed by atoms with Gasteiger partial charge in [-0.1, -0.05) is 26.0 Å². The molecule has 35 heavy (non-hydrogen) atoms. The average molecular weight is 475 g/mol. The van der Waals surface area contributed by atoms with Crippen LogP contribution in [0.2, 0.25) is 0 Å². The summed E-state index contributed by atoms with van der Waals surface area (Å²) in [5, 5.41) is 3.73. The van der Waals surface area contributed by atoms with Gasteiger partial charge in [-0.2, -0.15) is 0 Å². The van der Waals surface area contributed by atoms with Gasteiger partial charge in [0.15, 0.2) is 17.3 Å². The Morgan fingerprint density at radius 1 is 1.03 bits per heavy atom. The molecule has 0 aliphatic carbocycles. The highest BCUT2D eigenvalue weighted by Crippen LogP contribution is 2.23. The highest BCUT2D eigenvalue weighted by molar-refractivity contribution is 5.82. The van der Waals surface area contributed by atoms with Crippen LogP contribution in [0.15, 0.2) is 47.8 Å². The summed E-state index contributed by atoms with van der Waals surface area (Å²) in [5.41, 5.74) is 7.54. The molecule has 3 aromatic heterocycles. The number of rotatable bonds is 5. The van der Waals surface area contributed by atoms with Gasteiger partial charge in [-0.05, 0) is 55.7 Å². The van der Waals surface area contributed by atoms with Gasteiger partial charge in [-0.25, -0.2) is 29.0 Å². The van der Waals surface area contributed by atoms with Gasteiger partial charge in [0, 0.05) is 0 Å². The van der Waals surface area contributed by atoms with Crippen LogP contribution in [0.5, 0.6) is 0 Å². The number of hydrogen-bond donors (Lipinski definition) is 3. The van der Waals surface area contributed by atoms with E-state index in [4.69, 9.17) is 4.98 Å². The first-order valence-corrected chi connectivity index (χ1v) is 11.4. The average Bonchev–Trinajstić information content (AvgIpc) is 3.32. The Bertz CT molecular complexity index is 1550. The third kappa shape index (κ3) is 4.54. The summed E-state index contributed by atoms with van der Waals surface area (Å²) in [6.07, 6.45) is 2.96. The van der Waals surface area contributed by atoms with Crippen molar-refractivity contribution in [1.82, 2.24) is 29.6 Å². The number of aromatic nitrogens is 6. The minimum Gasteiger partial charge on any atom is -0.361 e. The zero-order valence-electron chi connectivity index (χ0n) is 20.3. The number of imidazole rings is 1. The molecule has 2 aromatic carbocycles. The topological polar surface area (TPSA) is 113 Å². The van der Waals surface area contributed by atoms with E-state index in [2.05, 4.69) is 30.7 Å². The van der Waals surface area contributed by atoms with Gasteiger partial charge in [0.2, 0.25) is 0 Å². The van der Waals surface area contributed by atoms with Crippen molar-refractivity contribution in [2.24, 2.45) is 0 Å². The molecule has 0 radical (unpaired) electrons. The van der Waals surface area contributed by atoms with Gasteiger partial charge >= 0.3 is 0 Å². The van der Waals surface area contributed by atoms with E-state index in [1.165, 1.54) is 23.1 Å². The summed E-state index contributed by atoms with van der Waals surface area (Å²) in [7, 11) is 0. The first kappa shape index (κ1) is 23.8. The lowest BCUT2D eigenvalue weighted by atomic mass is 10.1. The minimum absolute atomic E-state index is 0.191. The van der Waals surface area contributed by atoms with Crippen molar-refractivity contribution in [3.05, 3.63) is 81.7 Å². The standard InChI is InChI=1S/C23H21FN8O.C2H6/c1-12-5-4-6-16-18(12)23(33)32(31-19-13(2)7-15(24)8-14(19)3)17(30-16)9-25-21-20-22(27-10-26-20)29-11-28-21;1-2/h4-8,10-11,31H,9H2,1-3H3,(H2,25,26,27,28,29);1-2H3. The van der Waals surface area contributed by atoms with Gasteiger partial charge in [0.05, 0.1) is 29.5 Å². The lowest BCUT2D eigenvalue weighted by Gasteiger charge is -2.19. The Hall–Kier alpha value is -4.34. The summed E-state index contributed by atoms with van der Waals surface area (Å²) >= 11 is 0. The van der Waals surface area contributed by atoms with Crippen LogP contribution in [0.1, 0.15) is 36.4 Å². The summed E-state index contributed by atoms with van der Waals surface area (Å²) in [6, 6.07) is 8.40. The Kier molecular flexibility index (Phi) is 6.72. The number of aryl methyl sites for hydroxylation is 3. The maximum atomic E-state index is 13.8. The molecule has 3 N–H and O–H groups in total. The molecule has 0 saturated carbocycles. The Morgan fingerprint density at radius 3 is 2.51 bits per heavy atom. The highest BCUT2D eigenvalue weighted by Gasteiger charge is 2.16. The smallest absolute Gasteiger partial charge is 0.280 e. The van der Waals surface area contributed by atoms with Crippen LogP contribution in [0.25, 0.3) is 22.1 Å². The predicted octanol–water partition coefficient (Wildman–Crippen LogP) is 4.64. The Balaban J connectivity index is 0.00000141. The quantitative estimate of drug-likeness (QED) is 0.340. The lowest BCUT2D eigenvalue weighted by Crippen LogP contribution is -2.33. The number of nitrogens with one attached hydrogen (secondary N) is 3. The maximum absolute atomic E-state index is 13.8. The Labute approximate surface area is 201 Å². The molecule has 0 unspecified atom stereocenters. The lowest BCUT2D eigenvalue weighted by molar-refractivity contribution is 0.625. The molecule has 0 fully saturated rings. The number of nitrogens with zero attached hydrogens (tertiary/aromatic N) is 5. The van der Waals surface area contributed by atoms with Gasteiger partial charge in [0.25, 0.3) is 5.56 Å². The third-order valence-electron chi connectivity index (χ3n) is 5.53. The van der Waals surface area contributed by atoms with E-state index in [1.54, 1.807) is 20.2 Å². The van der Waals surface area contributed by atoms with Crippen molar-refractivity contribution in [2.45, 2.75) is 41.2 Å². The van der Waals surface area contributed by atoms with Gasteiger partial charge in [-0.3, -0.25) is 10.2 Å². The number of fused-ring (bicyclic) bond motifs is 2. The second-order valence-corrected chi connectivity index (χ2v) is 7.84. The number of halogens is 1. The molecular formula is C25H27FN8O. The van der Waals surface area contributed by atoms with Gasteiger partial charge < -0.3 is 10.3 Å². The third-order valence-corrected chi connectivity index (χ3v) is 5.53. The van der Waals surface area contributed by atoms with Gasteiger partial charge in [-0.15, -0.1) is 0 Å². The first-order chi connectivity index (χ1) is 16.9. The molecule has 0 spiro atoms. The molecule has 10 heteroatoms. The fraction of sp³-hybridized carbons (Fsp3) is 0.240. The van der Waals surface area contributed by atoms with Crippen molar-refractivity contribution in [3.8, 4) is 0 Å². The molecule has 5 aromatic rings. The van der Waals surface area contributed by atoms with Crippen LogP contribution in [-0.2, 0) is 6.54 Å². The second-order valence-electron chi connectivity index (χ2n) is 7.84. The molecule has 0 saturated heterocycles. The van der Waals surface area contributed by atoms with Crippen LogP contribution in [0, 0.1) is 26.6 Å². The predicted molar refractivity (Wildman–Crippen MR) is 136 cm³/mol. The van der Waals surface area contributed by atoms with Crippen molar-refractivity contribution < 1.29 is 4.39 Å². The minimum atomic E-state index is -0.329. The molecule has 3 heterocycles. The van der Waals surface area contributed by atoms with E-state index in [-0.39, 0.29) is 17.9 Å². The largest absolute Gasteiger partial charge is 0.361 e. The fourth-order valence-corrected chi connectivity index (χ4v) is 3.94. The van der Waals surface area contributed by atoms with E-state index in [1.807, 2.05) is 39.0 Å². The summed E-state index contributed by atoms with van der Waals surface area (Å²) in [4.78, 5) is 33.8. The molecule has 0 atom stereocenters. The fourth-order valence-electron chi connectivity index (χ4n) is 3.94. The number of benzene rings is 2. The molecule has 180 valence electrons. The summed E-state index contributed by atoms with van der Waals surface area (Å²) in [6.45, 7) is 9.64. The number of anilines is 2. The van der Waals surface area contributed by atoms with Crippen LogP contribution >= 0.6 is 0 Å². The zero-order valence-corrected chi connectivity index (χ0v) is 20.3. The molecular weight excluding hydrogens is 447 g/mol.